The highest BCUT2D eigenvalue weighted by Crippen LogP contribution is 2.15. The van der Waals surface area contributed by atoms with Gasteiger partial charge in [-0.3, -0.25) is 9.69 Å². The van der Waals surface area contributed by atoms with Gasteiger partial charge in [-0.05, 0) is 34.2 Å². The molecule has 1 saturated heterocycles. The third-order valence-corrected chi connectivity index (χ3v) is 3.87. The molecular weight excluding hydrogens is 242 g/mol. The Morgan fingerprint density at radius 3 is 2.42 bits per heavy atom. The van der Waals surface area contributed by atoms with Gasteiger partial charge in [0.2, 0.25) is 5.91 Å². The van der Waals surface area contributed by atoms with Gasteiger partial charge in [0, 0.05) is 44.7 Å². The molecule has 0 radical (unpaired) electrons. The Morgan fingerprint density at radius 2 is 1.89 bits per heavy atom. The number of rotatable bonds is 6. The summed E-state index contributed by atoms with van der Waals surface area (Å²) < 4.78 is 0. The Bertz CT molecular complexity index is 284. The van der Waals surface area contributed by atoms with E-state index in [2.05, 4.69) is 36.0 Å². The Balaban J connectivity index is 2.31. The molecule has 1 fully saturated rings. The van der Waals surface area contributed by atoms with E-state index in [9.17, 15) is 4.79 Å². The van der Waals surface area contributed by atoms with Gasteiger partial charge in [0.05, 0.1) is 6.10 Å². The van der Waals surface area contributed by atoms with E-state index in [1.54, 1.807) is 6.92 Å². The van der Waals surface area contributed by atoms with Gasteiger partial charge in [0.1, 0.15) is 0 Å². The molecule has 0 aromatic carbocycles. The molecule has 5 heteroatoms. The van der Waals surface area contributed by atoms with Crippen molar-refractivity contribution in [1.29, 1.82) is 0 Å². The number of aliphatic hydroxyl groups excluding tert-OH is 1. The maximum absolute atomic E-state index is 11.7. The molecule has 0 aromatic heterocycles. The number of nitrogens with zero attached hydrogens (tertiary/aromatic N) is 2. The Labute approximate surface area is 117 Å². The van der Waals surface area contributed by atoms with Gasteiger partial charge in [-0.15, -0.1) is 0 Å². The highest BCUT2D eigenvalue weighted by molar-refractivity contribution is 5.75. The fourth-order valence-electron chi connectivity index (χ4n) is 2.27. The van der Waals surface area contributed by atoms with E-state index in [-0.39, 0.29) is 11.4 Å². The van der Waals surface area contributed by atoms with E-state index < -0.39 is 6.10 Å². The van der Waals surface area contributed by atoms with Crippen molar-refractivity contribution in [3.63, 3.8) is 0 Å². The number of aliphatic hydroxyl groups is 1. The molecule has 1 aliphatic rings. The number of carbonyl (C=O) groups is 1. The number of amides is 1. The standard InChI is InChI=1S/C14H29N3O2/c1-12(18)5-6-13(19)15-11-14(2,3)17-9-7-16(4)8-10-17/h12,18H,5-11H2,1-4H3,(H,15,19). The third kappa shape index (κ3) is 5.89. The molecule has 1 atom stereocenters. The second-order valence-electron chi connectivity index (χ2n) is 6.27. The lowest BCUT2D eigenvalue weighted by Crippen LogP contribution is -2.57. The second-order valence-corrected chi connectivity index (χ2v) is 6.27. The zero-order chi connectivity index (χ0) is 14.5. The molecule has 1 heterocycles. The Kier molecular flexibility index (Phi) is 6.23. The zero-order valence-electron chi connectivity index (χ0n) is 12.8. The van der Waals surface area contributed by atoms with Gasteiger partial charge in [-0.2, -0.15) is 0 Å². The van der Waals surface area contributed by atoms with Gasteiger partial charge in [0.15, 0.2) is 0 Å². The average molecular weight is 271 g/mol. The van der Waals surface area contributed by atoms with Crippen LogP contribution in [0.2, 0.25) is 0 Å². The fraction of sp³-hybridized carbons (Fsp3) is 0.929. The number of hydrogen-bond acceptors (Lipinski definition) is 4. The molecule has 2 N–H and O–H groups in total. The average Bonchev–Trinajstić information content (AvgIpc) is 2.34. The number of carbonyl (C=O) groups excluding carboxylic acids is 1. The van der Waals surface area contributed by atoms with Crippen LogP contribution in [0.3, 0.4) is 0 Å². The number of nitrogens with one attached hydrogen (secondary N) is 1. The Hall–Kier alpha value is -0.650. The lowest BCUT2D eigenvalue weighted by molar-refractivity contribution is -0.122. The van der Waals surface area contributed by atoms with Crippen LogP contribution in [0.5, 0.6) is 0 Å². The molecule has 0 bridgehead atoms. The SMILES string of the molecule is CC(O)CCC(=O)NCC(C)(C)N1CCN(C)CC1. The van der Waals surface area contributed by atoms with Crippen molar-refractivity contribution >= 4 is 5.91 Å². The minimum atomic E-state index is -0.406. The molecule has 1 aliphatic heterocycles. The van der Waals surface area contributed by atoms with E-state index in [0.717, 1.165) is 26.2 Å². The van der Waals surface area contributed by atoms with Crippen molar-refractivity contribution in [3.05, 3.63) is 0 Å². The van der Waals surface area contributed by atoms with Crippen LogP contribution < -0.4 is 5.32 Å². The lowest BCUT2D eigenvalue weighted by Gasteiger charge is -2.43. The monoisotopic (exact) mass is 271 g/mol. The minimum absolute atomic E-state index is 0.0122. The molecule has 0 aliphatic carbocycles. The van der Waals surface area contributed by atoms with Crippen molar-refractivity contribution in [3.8, 4) is 0 Å². The summed E-state index contributed by atoms with van der Waals surface area (Å²) in [6, 6.07) is 0. The summed E-state index contributed by atoms with van der Waals surface area (Å²) in [7, 11) is 2.14. The third-order valence-electron chi connectivity index (χ3n) is 3.87. The molecular formula is C14H29N3O2. The van der Waals surface area contributed by atoms with Crippen LogP contribution in [0.1, 0.15) is 33.6 Å². The van der Waals surface area contributed by atoms with Gasteiger partial charge in [-0.1, -0.05) is 0 Å². The largest absolute Gasteiger partial charge is 0.393 e. The van der Waals surface area contributed by atoms with E-state index >= 15 is 0 Å². The topological polar surface area (TPSA) is 55.8 Å². The first-order chi connectivity index (χ1) is 8.81. The number of likely N-dealkylation sites (N-methyl/N-ethyl adjacent to an activating group) is 1. The minimum Gasteiger partial charge on any atom is -0.393 e. The summed E-state index contributed by atoms with van der Waals surface area (Å²) in [4.78, 5) is 16.4. The van der Waals surface area contributed by atoms with Crippen LogP contribution in [0.4, 0.5) is 0 Å². The van der Waals surface area contributed by atoms with E-state index in [1.165, 1.54) is 0 Å². The van der Waals surface area contributed by atoms with Gasteiger partial charge >= 0.3 is 0 Å². The molecule has 112 valence electrons. The summed E-state index contributed by atoms with van der Waals surface area (Å²) in [5.74, 6) is 0.0307. The smallest absolute Gasteiger partial charge is 0.220 e. The summed E-state index contributed by atoms with van der Waals surface area (Å²) in [5, 5.41) is 12.1. The van der Waals surface area contributed by atoms with Crippen LogP contribution in [0.25, 0.3) is 0 Å². The van der Waals surface area contributed by atoms with E-state index in [0.29, 0.717) is 19.4 Å². The molecule has 0 spiro atoms. The van der Waals surface area contributed by atoms with Crippen LogP contribution >= 0.6 is 0 Å². The van der Waals surface area contributed by atoms with Crippen LogP contribution in [-0.2, 0) is 4.79 Å². The predicted octanol–water partition coefficient (Wildman–Crippen LogP) is 0.290. The normalized spacial score (nSPS) is 20.3. The first-order valence-corrected chi connectivity index (χ1v) is 7.19. The molecule has 0 saturated carbocycles. The highest BCUT2D eigenvalue weighted by Gasteiger charge is 2.29. The molecule has 1 amide bonds. The molecule has 0 aromatic rings. The lowest BCUT2D eigenvalue weighted by atomic mass is 10.0. The fourth-order valence-corrected chi connectivity index (χ4v) is 2.27. The second kappa shape index (κ2) is 7.22. The summed E-state index contributed by atoms with van der Waals surface area (Å²) >= 11 is 0. The van der Waals surface area contributed by atoms with Crippen molar-refractivity contribution in [2.45, 2.75) is 45.3 Å². The summed E-state index contributed by atoms with van der Waals surface area (Å²) in [5.41, 5.74) is -0.0122. The van der Waals surface area contributed by atoms with Gasteiger partial charge < -0.3 is 15.3 Å². The van der Waals surface area contributed by atoms with Crippen LogP contribution in [0, 0.1) is 0 Å². The van der Waals surface area contributed by atoms with Gasteiger partial charge in [-0.25, -0.2) is 0 Å². The highest BCUT2D eigenvalue weighted by atomic mass is 16.3. The van der Waals surface area contributed by atoms with Crippen LogP contribution in [-0.4, -0.2) is 72.2 Å². The molecule has 1 unspecified atom stereocenters. The zero-order valence-corrected chi connectivity index (χ0v) is 12.8. The van der Waals surface area contributed by atoms with Crippen LogP contribution in [0.15, 0.2) is 0 Å². The maximum Gasteiger partial charge on any atom is 0.220 e. The molecule has 1 rings (SSSR count). The quantitative estimate of drug-likeness (QED) is 0.729. The van der Waals surface area contributed by atoms with E-state index in [1.807, 2.05) is 0 Å². The first-order valence-electron chi connectivity index (χ1n) is 7.19. The van der Waals surface area contributed by atoms with Crippen molar-refractivity contribution in [2.75, 3.05) is 39.8 Å². The molecule has 19 heavy (non-hydrogen) atoms. The van der Waals surface area contributed by atoms with E-state index in [4.69, 9.17) is 5.11 Å². The number of piperazine rings is 1. The van der Waals surface area contributed by atoms with Crippen molar-refractivity contribution in [2.24, 2.45) is 0 Å². The van der Waals surface area contributed by atoms with Crippen molar-refractivity contribution in [1.82, 2.24) is 15.1 Å². The first kappa shape index (κ1) is 16.4. The summed E-state index contributed by atoms with van der Waals surface area (Å²) in [6.45, 7) is 11.0. The maximum atomic E-state index is 11.7. The van der Waals surface area contributed by atoms with Gasteiger partial charge in [0.25, 0.3) is 0 Å². The Morgan fingerprint density at radius 1 is 1.32 bits per heavy atom. The predicted molar refractivity (Wildman–Crippen MR) is 77.1 cm³/mol. The van der Waals surface area contributed by atoms with Crippen molar-refractivity contribution < 1.29 is 9.90 Å². The summed E-state index contributed by atoms with van der Waals surface area (Å²) in [6.07, 6.45) is 0.522. The number of hydrogen-bond donors (Lipinski definition) is 2. The molecule has 5 nitrogen and oxygen atoms in total.